The molecule has 0 radical (unpaired) electrons. The first-order chi connectivity index (χ1) is 12.1. The van der Waals surface area contributed by atoms with Crippen molar-refractivity contribution in [2.75, 3.05) is 17.7 Å². The Balaban J connectivity index is 1.55. The first kappa shape index (κ1) is 17.1. The van der Waals surface area contributed by atoms with Gasteiger partial charge in [0.15, 0.2) is 5.13 Å². The van der Waals surface area contributed by atoms with E-state index in [2.05, 4.69) is 15.6 Å². The van der Waals surface area contributed by atoms with E-state index in [4.69, 9.17) is 4.74 Å². The second-order valence-corrected chi connectivity index (χ2v) is 6.70. The van der Waals surface area contributed by atoms with E-state index in [0.29, 0.717) is 22.1 Å². The van der Waals surface area contributed by atoms with Gasteiger partial charge >= 0.3 is 0 Å². The van der Waals surface area contributed by atoms with Gasteiger partial charge in [0.2, 0.25) is 5.91 Å². The van der Waals surface area contributed by atoms with Crippen LogP contribution < -0.4 is 15.4 Å². The van der Waals surface area contributed by atoms with E-state index in [1.54, 1.807) is 48.2 Å². The summed E-state index contributed by atoms with van der Waals surface area (Å²) in [5, 5.41) is 11.4. The number of rotatable bonds is 6. The first-order valence-electron chi connectivity index (χ1n) is 7.36. The summed E-state index contributed by atoms with van der Waals surface area (Å²) in [6, 6.07) is 8.83. The molecular formula is C17H15N3O3S2. The first-order valence-corrected chi connectivity index (χ1v) is 9.18. The number of ether oxygens (including phenoxy) is 1. The maximum atomic E-state index is 12.1. The van der Waals surface area contributed by atoms with Crippen LogP contribution in [0.2, 0.25) is 0 Å². The van der Waals surface area contributed by atoms with Crippen molar-refractivity contribution in [2.45, 2.75) is 6.42 Å². The Hall–Kier alpha value is -2.71. The SMILES string of the molecule is COc1ccc(NC(=O)Cc2csc(NC(=O)c3ccsc3)n2)cc1. The molecule has 0 fully saturated rings. The Bertz CT molecular complexity index is 858. The van der Waals surface area contributed by atoms with Crippen LogP contribution in [0.3, 0.4) is 0 Å². The third-order valence-electron chi connectivity index (χ3n) is 3.27. The number of anilines is 2. The van der Waals surface area contributed by atoms with E-state index < -0.39 is 0 Å². The number of carbonyl (C=O) groups is 2. The van der Waals surface area contributed by atoms with Crippen molar-refractivity contribution in [1.29, 1.82) is 0 Å². The monoisotopic (exact) mass is 373 g/mol. The topological polar surface area (TPSA) is 80.3 Å². The summed E-state index contributed by atoms with van der Waals surface area (Å²) in [5.41, 5.74) is 1.89. The molecule has 0 bridgehead atoms. The molecule has 6 nitrogen and oxygen atoms in total. The predicted molar refractivity (Wildman–Crippen MR) is 99.7 cm³/mol. The second-order valence-electron chi connectivity index (χ2n) is 5.06. The van der Waals surface area contributed by atoms with Gasteiger partial charge in [-0.1, -0.05) is 0 Å². The predicted octanol–water partition coefficient (Wildman–Crippen LogP) is 3.65. The van der Waals surface area contributed by atoms with Crippen molar-refractivity contribution in [3.8, 4) is 5.75 Å². The number of nitrogens with one attached hydrogen (secondary N) is 2. The molecule has 3 rings (SSSR count). The van der Waals surface area contributed by atoms with E-state index in [9.17, 15) is 9.59 Å². The summed E-state index contributed by atoms with van der Waals surface area (Å²) in [7, 11) is 1.59. The van der Waals surface area contributed by atoms with Gasteiger partial charge in [-0.25, -0.2) is 4.98 Å². The van der Waals surface area contributed by atoms with Crippen LogP contribution in [0.25, 0.3) is 0 Å². The van der Waals surface area contributed by atoms with E-state index in [-0.39, 0.29) is 18.2 Å². The minimum absolute atomic E-state index is 0.136. The smallest absolute Gasteiger partial charge is 0.258 e. The Morgan fingerprint density at radius 1 is 1.12 bits per heavy atom. The molecule has 8 heteroatoms. The van der Waals surface area contributed by atoms with Gasteiger partial charge in [0.05, 0.1) is 24.8 Å². The molecule has 0 saturated heterocycles. The average molecular weight is 373 g/mol. The highest BCUT2D eigenvalue weighted by molar-refractivity contribution is 7.14. The van der Waals surface area contributed by atoms with Crippen LogP contribution in [0.5, 0.6) is 5.75 Å². The molecule has 2 aromatic heterocycles. The third-order valence-corrected chi connectivity index (χ3v) is 4.76. The molecule has 2 amide bonds. The van der Waals surface area contributed by atoms with Gasteiger partial charge in [-0.15, -0.1) is 11.3 Å². The maximum Gasteiger partial charge on any atom is 0.258 e. The fraction of sp³-hybridized carbons (Fsp3) is 0.118. The number of methoxy groups -OCH3 is 1. The third kappa shape index (κ3) is 4.65. The highest BCUT2D eigenvalue weighted by atomic mass is 32.1. The number of amides is 2. The van der Waals surface area contributed by atoms with E-state index in [0.717, 1.165) is 5.75 Å². The Kier molecular flexibility index (Phi) is 5.42. The molecule has 0 unspecified atom stereocenters. The van der Waals surface area contributed by atoms with Crippen LogP contribution in [-0.2, 0) is 11.2 Å². The highest BCUT2D eigenvalue weighted by Gasteiger charge is 2.11. The summed E-state index contributed by atoms with van der Waals surface area (Å²) in [6.45, 7) is 0. The lowest BCUT2D eigenvalue weighted by molar-refractivity contribution is -0.115. The van der Waals surface area contributed by atoms with Gasteiger partial charge < -0.3 is 10.1 Å². The van der Waals surface area contributed by atoms with Crippen molar-refractivity contribution in [3.05, 3.63) is 57.7 Å². The largest absolute Gasteiger partial charge is 0.497 e. The van der Waals surface area contributed by atoms with Gasteiger partial charge in [-0.2, -0.15) is 11.3 Å². The lowest BCUT2D eigenvalue weighted by Gasteiger charge is -2.05. The second kappa shape index (κ2) is 7.91. The molecule has 3 aromatic rings. The minimum atomic E-state index is -0.204. The summed E-state index contributed by atoms with van der Waals surface area (Å²) in [6.07, 6.45) is 0.136. The maximum absolute atomic E-state index is 12.1. The van der Waals surface area contributed by atoms with Gasteiger partial charge in [-0.05, 0) is 35.7 Å². The number of benzene rings is 1. The van der Waals surface area contributed by atoms with Crippen molar-refractivity contribution in [3.63, 3.8) is 0 Å². The number of carbonyl (C=O) groups excluding carboxylic acids is 2. The molecule has 25 heavy (non-hydrogen) atoms. The van der Waals surface area contributed by atoms with E-state index in [1.165, 1.54) is 22.7 Å². The molecule has 0 atom stereocenters. The Labute approximate surface area is 152 Å². The summed E-state index contributed by atoms with van der Waals surface area (Å²) in [4.78, 5) is 28.3. The molecule has 2 N–H and O–H groups in total. The van der Waals surface area contributed by atoms with Crippen LogP contribution in [0.1, 0.15) is 16.1 Å². The number of thiophene rings is 1. The van der Waals surface area contributed by atoms with Crippen LogP contribution in [0.15, 0.2) is 46.5 Å². The fourth-order valence-corrected chi connectivity index (χ4v) is 3.39. The highest BCUT2D eigenvalue weighted by Crippen LogP contribution is 2.19. The molecule has 0 spiro atoms. The van der Waals surface area contributed by atoms with Crippen molar-refractivity contribution >= 4 is 45.3 Å². The summed E-state index contributed by atoms with van der Waals surface area (Å²) < 4.78 is 5.08. The van der Waals surface area contributed by atoms with Crippen LogP contribution in [0.4, 0.5) is 10.8 Å². The Morgan fingerprint density at radius 3 is 2.60 bits per heavy atom. The number of nitrogens with zero attached hydrogens (tertiary/aromatic N) is 1. The standard InChI is InChI=1S/C17H15N3O3S2/c1-23-14-4-2-12(3-5-14)18-15(21)8-13-10-25-17(19-13)20-16(22)11-6-7-24-9-11/h2-7,9-10H,8H2,1H3,(H,18,21)(H,19,20,22). The fourth-order valence-electron chi connectivity index (χ4n) is 2.05. The van der Waals surface area contributed by atoms with Crippen molar-refractivity contribution in [1.82, 2.24) is 4.98 Å². The van der Waals surface area contributed by atoms with Crippen LogP contribution in [0, 0.1) is 0 Å². The zero-order chi connectivity index (χ0) is 17.6. The zero-order valence-corrected chi connectivity index (χ0v) is 14.9. The Morgan fingerprint density at radius 2 is 1.92 bits per heavy atom. The lowest BCUT2D eigenvalue weighted by atomic mass is 10.2. The zero-order valence-electron chi connectivity index (χ0n) is 13.3. The number of aromatic nitrogens is 1. The van der Waals surface area contributed by atoms with Gasteiger partial charge in [0.25, 0.3) is 5.91 Å². The molecule has 0 aliphatic carbocycles. The molecule has 1 aromatic carbocycles. The number of hydrogen-bond donors (Lipinski definition) is 2. The van der Waals surface area contributed by atoms with Crippen LogP contribution in [-0.4, -0.2) is 23.9 Å². The average Bonchev–Trinajstić information content (AvgIpc) is 3.27. The molecule has 2 heterocycles. The van der Waals surface area contributed by atoms with Gasteiger partial charge in [0.1, 0.15) is 5.75 Å². The summed E-state index contributed by atoms with van der Waals surface area (Å²) in [5.74, 6) is 0.347. The van der Waals surface area contributed by atoms with Crippen LogP contribution >= 0.6 is 22.7 Å². The molecular weight excluding hydrogens is 358 g/mol. The quantitative estimate of drug-likeness (QED) is 0.691. The summed E-state index contributed by atoms with van der Waals surface area (Å²) >= 11 is 2.75. The molecule has 128 valence electrons. The minimum Gasteiger partial charge on any atom is -0.497 e. The van der Waals surface area contributed by atoms with Gasteiger partial charge in [-0.3, -0.25) is 14.9 Å². The lowest BCUT2D eigenvalue weighted by Crippen LogP contribution is -2.15. The number of thiazole rings is 1. The molecule has 0 saturated carbocycles. The normalized spacial score (nSPS) is 10.3. The molecule has 0 aliphatic rings. The van der Waals surface area contributed by atoms with E-state index >= 15 is 0 Å². The van der Waals surface area contributed by atoms with Gasteiger partial charge in [0, 0.05) is 16.4 Å². The number of hydrogen-bond acceptors (Lipinski definition) is 6. The van der Waals surface area contributed by atoms with Crippen molar-refractivity contribution in [2.24, 2.45) is 0 Å². The molecule has 0 aliphatic heterocycles. The van der Waals surface area contributed by atoms with E-state index in [1.807, 2.05) is 5.38 Å². The van der Waals surface area contributed by atoms with Crippen molar-refractivity contribution < 1.29 is 14.3 Å².